The van der Waals surface area contributed by atoms with Crippen molar-refractivity contribution in [2.24, 2.45) is 5.73 Å². The van der Waals surface area contributed by atoms with Crippen molar-refractivity contribution in [3.8, 4) is 0 Å². The minimum Gasteiger partial charge on any atom is -0.349 e. The average molecular weight is 289 g/mol. The Labute approximate surface area is 125 Å². The molecule has 1 aliphatic carbocycles. The normalized spacial score (nSPS) is 15.0. The molecule has 0 unspecified atom stereocenters. The zero-order valence-corrected chi connectivity index (χ0v) is 12.4. The highest BCUT2D eigenvalue weighted by atomic mass is 16.2. The molecule has 2 rings (SSSR count). The smallest absolute Gasteiger partial charge is 0.251 e. The Balaban J connectivity index is 2.00. The molecule has 114 valence electrons. The molecule has 1 aliphatic rings. The summed E-state index contributed by atoms with van der Waals surface area (Å²) in [4.78, 5) is 23.7. The fraction of sp³-hybridized carbons (Fsp3) is 0.500. The van der Waals surface area contributed by atoms with Crippen molar-refractivity contribution in [1.29, 1.82) is 0 Å². The van der Waals surface area contributed by atoms with Crippen molar-refractivity contribution in [3.05, 3.63) is 29.3 Å². The molecule has 0 saturated heterocycles. The summed E-state index contributed by atoms with van der Waals surface area (Å²) in [5.41, 5.74) is 7.59. The number of hydrogen-bond donors (Lipinski definition) is 3. The molecule has 0 radical (unpaired) electrons. The predicted molar refractivity (Wildman–Crippen MR) is 83.2 cm³/mol. The van der Waals surface area contributed by atoms with Crippen LogP contribution >= 0.6 is 0 Å². The van der Waals surface area contributed by atoms with E-state index in [1.54, 1.807) is 12.1 Å². The van der Waals surface area contributed by atoms with E-state index in [4.69, 9.17) is 5.73 Å². The summed E-state index contributed by atoms with van der Waals surface area (Å²) in [6.45, 7) is 2.21. The van der Waals surface area contributed by atoms with E-state index in [-0.39, 0.29) is 11.8 Å². The van der Waals surface area contributed by atoms with Crippen LogP contribution in [0, 0.1) is 6.92 Å². The number of carbonyl (C=O) groups is 2. The highest BCUT2D eigenvalue weighted by Gasteiger charge is 2.18. The summed E-state index contributed by atoms with van der Waals surface area (Å²) in [6, 6.07) is 5.63. The predicted octanol–water partition coefficient (Wildman–Crippen LogP) is 1.95. The van der Waals surface area contributed by atoms with Crippen LogP contribution in [-0.2, 0) is 4.79 Å². The molecule has 0 spiro atoms. The molecule has 1 aromatic carbocycles. The van der Waals surface area contributed by atoms with Gasteiger partial charge in [-0.1, -0.05) is 12.8 Å². The van der Waals surface area contributed by atoms with Crippen LogP contribution in [0.3, 0.4) is 0 Å². The molecular formula is C16H23N3O2. The molecule has 0 aromatic heterocycles. The summed E-state index contributed by atoms with van der Waals surface area (Å²) < 4.78 is 0. The summed E-state index contributed by atoms with van der Waals surface area (Å²) in [5, 5.41) is 5.86. The summed E-state index contributed by atoms with van der Waals surface area (Å²) in [6.07, 6.45) is 4.81. The van der Waals surface area contributed by atoms with Crippen molar-refractivity contribution < 1.29 is 9.59 Å². The number of nitrogens with two attached hydrogens (primary N) is 1. The molecule has 4 N–H and O–H groups in total. The first-order valence-electron chi connectivity index (χ1n) is 7.51. The Morgan fingerprint density at radius 3 is 2.62 bits per heavy atom. The first kappa shape index (κ1) is 15.5. The molecule has 1 aromatic rings. The molecule has 5 heteroatoms. The Bertz CT molecular complexity index is 522. The van der Waals surface area contributed by atoms with Gasteiger partial charge in [-0.05, 0) is 43.5 Å². The van der Waals surface area contributed by atoms with Crippen LogP contribution in [0.1, 0.15) is 48.0 Å². The number of anilines is 1. The van der Waals surface area contributed by atoms with E-state index in [0.717, 1.165) is 24.1 Å². The molecule has 0 bridgehead atoms. The molecule has 21 heavy (non-hydrogen) atoms. The van der Waals surface area contributed by atoms with Gasteiger partial charge in [-0.3, -0.25) is 9.59 Å². The monoisotopic (exact) mass is 289 g/mol. The second-order valence-electron chi connectivity index (χ2n) is 5.57. The third-order valence-corrected chi connectivity index (χ3v) is 3.82. The number of benzene rings is 1. The van der Waals surface area contributed by atoms with Crippen LogP contribution in [0.5, 0.6) is 0 Å². The molecule has 0 atom stereocenters. The van der Waals surface area contributed by atoms with Crippen molar-refractivity contribution in [2.45, 2.75) is 45.1 Å². The lowest BCUT2D eigenvalue weighted by atomic mass is 10.1. The first-order chi connectivity index (χ1) is 10.1. The van der Waals surface area contributed by atoms with Crippen LogP contribution in [0.15, 0.2) is 18.2 Å². The zero-order valence-electron chi connectivity index (χ0n) is 12.4. The summed E-state index contributed by atoms with van der Waals surface area (Å²) in [5.74, 6) is -0.145. The van der Waals surface area contributed by atoms with Gasteiger partial charge in [-0.15, -0.1) is 0 Å². The highest BCUT2D eigenvalue weighted by molar-refractivity contribution is 5.96. The Morgan fingerprint density at radius 2 is 2.00 bits per heavy atom. The van der Waals surface area contributed by atoms with Gasteiger partial charge in [0.25, 0.3) is 5.91 Å². The van der Waals surface area contributed by atoms with Gasteiger partial charge < -0.3 is 16.4 Å². The van der Waals surface area contributed by atoms with Gasteiger partial charge in [-0.2, -0.15) is 0 Å². The average Bonchev–Trinajstić information content (AvgIpc) is 2.94. The van der Waals surface area contributed by atoms with E-state index in [1.807, 2.05) is 13.0 Å². The minimum atomic E-state index is -0.108. The van der Waals surface area contributed by atoms with Gasteiger partial charge in [-0.25, -0.2) is 0 Å². The van der Waals surface area contributed by atoms with E-state index >= 15 is 0 Å². The van der Waals surface area contributed by atoms with Crippen molar-refractivity contribution in [1.82, 2.24) is 5.32 Å². The summed E-state index contributed by atoms with van der Waals surface area (Å²) in [7, 11) is 0. The van der Waals surface area contributed by atoms with Gasteiger partial charge in [0, 0.05) is 30.3 Å². The van der Waals surface area contributed by atoms with Crippen LogP contribution in [0.2, 0.25) is 0 Å². The second kappa shape index (κ2) is 7.22. The number of rotatable bonds is 5. The lowest BCUT2D eigenvalue weighted by Gasteiger charge is -2.13. The maximum Gasteiger partial charge on any atom is 0.251 e. The maximum absolute atomic E-state index is 12.2. The second-order valence-corrected chi connectivity index (χ2v) is 5.57. The highest BCUT2D eigenvalue weighted by Crippen LogP contribution is 2.20. The van der Waals surface area contributed by atoms with Gasteiger partial charge in [0.2, 0.25) is 5.91 Å². The van der Waals surface area contributed by atoms with Crippen LogP contribution in [0.25, 0.3) is 0 Å². The van der Waals surface area contributed by atoms with Crippen LogP contribution in [-0.4, -0.2) is 24.4 Å². The lowest BCUT2D eigenvalue weighted by Crippen LogP contribution is -2.32. The van der Waals surface area contributed by atoms with Crippen molar-refractivity contribution in [3.63, 3.8) is 0 Å². The number of hydrogen-bond acceptors (Lipinski definition) is 3. The van der Waals surface area contributed by atoms with E-state index in [1.165, 1.54) is 12.8 Å². The number of aryl methyl sites for hydroxylation is 1. The van der Waals surface area contributed by atoms with Gasteiger partial charge in [0.05, 0.1) is 0 Å². The fourth-order valence-electron chi connectivity index (χ4n) is 2.63. The zero-order chi connectivity index (χ0) is 15.2. The molecule has 1 fully saturated rings. The number of carbonyl (C=O) groups excluding carboxylic acids is 2. The lowest BCUT2D eigenvalue weighted by molar-refractivity contribution is -0.116. The molecule has 0 heterocycles. The third kappa shape index (κ3) is 4.29. The van der Waals surface area contributed by atoms with Gasteiger partial charge in [0.15, 0.2) is 0 Å². The largest absolute Gasteiger partial charge is 0.349 e. The number of nitrogens with one attached hydrogen (secondary N) is 2. The number of amides is 2. The first-order valence-corrected chi connectivity index (χ1v) is 7.51. The molecule has 0 aliphatic heterocycles. The van der Waals surface area contributed by atoms with Crippen molar-refractivity contribution in [2.75, 3.05) is 11.9 Å². The van der Waals surface area contributed by atoms with E-state index in [2.05, 4.69) is 10.6 Å². The Kier molecular flexibility index (Phi) is 5.33. The molecule has 5 nitrogen and oxygen atoms in total. The minimum absolute atomic E-state index is 0.0372. The van der Waals surface area contributed by atoms with Crippen molar-refractivity contribution >= 4 is 17.5 Å². The Morgan fingerprint density at radius 1 is 1.29 bits per heavy atom. The topological polar surface area (TPSA) is 84.2 Å². The molecule has 2 amide bonds. The standard InChI is InChI=1S/C16H23N3O2/c1-11-10-12(16(21)18-13-4-2-3-5-13)6-7-14(11)19-15(20)8-9-17/h6-7,10,13H,2-5,8-9,17H2,1H3,(H,18,21)(H,19,20). The molecular weight excluding hydrogens is 266 g/mol. The fourth-order valence-corrected chi connectivity index (χ4v) is 2.63. The van der Waals surface area contributed by atoms with E-state index in [0.29, 0.717) is 24.6 Å². The van der Waals surface area contributed by atoms with E-state index in [9.17, 15) is 9.59 Å². The third-order valence-electron chi connectivity index (χ3n) is 3.82. The van der Waals surface area contributed by atoms with Gasteiger partial charge in [0.1, 0.15) is 0 Å². The maximum atomic E-state index is 12.2. The van der Waals surface area contributed by atoms with Crippen LogP contribution < -0.4 is 16.4 Å². The SMILES string of the molecule is Cc1cc(C(=O)NC2CCCC2)ccc1NC(=O)CCN. The molecule has 1 saturated carbocycles. The van der Waals surface area contributed by atoms with Crippen LogP contribution in [0.4, 0.5) is 5.69 Å². The van der Waals surface area contributed by atoms with Gasteiger partial charge >= 0.3 is 0 Å². The Hall–Kier alpha value is -1.88. The quantitative estimate of drug-likeness (QED) is 0.774. The van der Waals surface area contributed by atoms with E-state index < -0.39 is 0 Å². The summed E-state index contributed by atoms with van der Waals surface area (Å²) >= 11 is 0.